The van der Waals surface area contributed by atoms with Crippen LogP contribution in [0.15, 0.2) is 24.3 Å². The molecule has 0 spiro atoms. The number of nitrogens with zero attached hydrogens (tertiary/aromatic N) is 1. The maximum Gasteiger partial charge on any atom is 0.244 e. The molecule has 0 radical (unpaired) electrons. The van der Waals surface area contributed by atoms with Crippen molar-refractivity contribution in [1.82, 2.24) is 5.32 Å². The molecule has 19 heavy (non-hydrogen) atoms. The molecule has 1 aromatic rings. The topological polar surface area (TPSA) is 58.4 Å². The van der Waals surface area contributed by atoms with E-state index in [9.17, 15) is 9.18 Å². The van der Waals surface area contributed by atoms with Crippen LogP contribution in [-0.2, 0) is 4.79 Å². The van der Waals surface area contributed by atoms with E-state index in [2.05, 4.69) is 5.32 Å². The van der Waals surface area contributed by atoms with Gasteiger partial charge in [0.1, 0.15) is 11.9 Å². The Balaban J connectivity index is 2.43. The van der Waals surface area contributed by atoms with Crippen LogP contribution < -0.4 is 16.0 Å². The van der Waals surface area contributed by atoms with Gasteiger partial charge in [-0.3, -0.25) is 4.79 Å². The quantitative estimate of drug-likeness (QED) is 0.842. The molecule has 1 fully saturated rings. The number of para-hydroxylation sites is 1. The molecule has 2 rings (SSSR count). The second kappa shape index (κ2) is 5.17. The van der Waals surface area contributed by atoms with Crippen LogP contribution in [0.1, 0.15) is 13.8 Å². The molecule has 1 aliphatic heterocycles. The van der Waals surface area contributed by atoms with E-state index in [1.807, 2.05) is 13.8 Å². The number of carbonyl (C=O) groups excluding carboxylic acids is 1. The minimum atomic E-state index is -0.529. The normalized spacial score (nSPS) is 22.8. The Morgan fingerprint density at radius 1 is 1.47 bits per heavy atom. The van der Waals surface area contributed by atoms with Crippen molar-refractivity contribution in [2.45, 2.75) is 19.9 Å². The van der Waals surface area contributed by atoms with Crippen molar-refractivity contribution in [1.29, 1.82) is 0 Å². The van der Waals surface area contributed by atoms with E-state index >= 15 is 0 Å². The van der Waals surface area contributed by atoms with E-state index in [4.69, 9.17) is 5.73 Å². The molecular weight excluding hydrogens is 245 g/mol. The van der Waals surface area contributed by atoms with Crippen LogP contribution in [0.2, 0.25) is 0 Å². The van der Waals surface area contributed by atoms with E-state index in [0.717, 1.165) is 0 Å². The third-order valence-corrected chi connectivity index (χ3v) is 3.40. The number of anilines is 1. The van der Waals surface area contributed by atoms with Gasteiger partial charge in [0.25, 0.3) is 0 Å². The van der Waals surface area contributed by atoms with E-state index in [1.54, 1.807) is 23.1 Å². The Kier molecular flexibility index (Phi) is 3.75. The van der Waals surface area contributed by atoms with Crippen LogP contribution in [0.5, 0.6) is 0 Å². The fourth-order valence-electron chi connectivity index (χ4n) is 2.38. The fourth-order valence-corrected chi connectivity index (χ4v) is 2.38. The largest absolute Gasteiger partial charge is 0.356 e. The second-order valence-corrected chi connectivity index (χ2v) is 5.71. The number of benzene rings is 1. The maximum absolute atomic E-state index is 14.0. The smallest absolute Gasteiger partial charge is 0.244 e. The van der Waals surface area contributed by atoms with E-state index in [1.165, 1.54) is 6.07 Å². The van der Waals surface area contributed by atoms with Crippen molar-refractivity contribution in [3.05, 3.63) is 30.1 Å². The maximum atomic E-state index is 14.0. The predicted octanol–water partition coefficient (Wildman–Crippen LogP) is 1.12. The molecule has 3 N–H and O–H groups in total. The summed E-state index contributed by atoms with van der Waals surface area (Å²) < 4.78 is 14.0. The number of amides is 1. The zero-order valence-corrected chi connectivity index (χ0v) is 11.3. The number of hydrogen-bond donors (Lipinski definition) is 2. The first kappa shape index (κ1) is 13.8. The van der Waals surface area contributed by atoms with E-state index in [0.29, 0.717) is 18.8 Å². The highest BCUT2D eigenvalue weighted by Crippen LogP contribution is 2.28. The lowest BCUT2D eigenvalue weighted by atomic mass is 9.93. The zero-order valence-electron chi connectivity index (χ0n) is 11.3. The van der Waals surface area contributed by atoms with Gasteiger partial charge in [-0.1, -0.05) is 26.0 Å². The third-order valence-electron chi connectivity index (χ3n) is 3.40. The molecule has 1 unspecified atom stereocenters. The molecule has 4 nitrogen and oxygen atoms in total. The summed E-state index contributed by atoms with van der Waals surface area (Å²) in [7, 11) is 0. The van der Waals surface area contributed by atoms with Crippen LogP contribution in [0.3, 0.4) is 0 Å². The second-order valence-electron chi connectivity index (χ2n) is 5.71. The van der Waals surface area contributed by atoms with Gasteiger partial charge < -0.3 is 16.0 Å². The first-order valence-electron chi connectivity index (χ1n) is 6.43. The summed E-state index contributed by atoms with van der Waals surface area (Å²) in [4.78, 5) is 13.8. The van der Waals surface area contributed by atoms with Crippen molar-refractivity contribution in [3.8, 4) is 0 Å². The molecule has 1 saturated heterocycles. The minimum absolute atomic E-state index is 0.137. The van der Waals surface area contributed by atoms with E-state index < -0.39 is 6.04 Å². The lowest BCUT2D eigenvalue weighted by Crippen LogP contribution is -2.49. The molecule has 1 aromatic carbocycles. The summed E-state index contributed by atoms with van der Waals surface area (Å²) in [6.45, 7) is 5.39. The first-order valence-corrected chi connectivity index (χ1v) is 6.43. The molecule has 0 aromatic heterocycles. The average Bonchev–Trinajstić information content (AvgIpc) is 2.47. The van der Waals surface area contributed by atoms with Crippen molar-refractivity contribution in [3.63, 3.8) is 0 Å². The SMILES string of the molecule is CC1(C)CNC(=O)C(CN)N(c2ccccc2F)C1. The molecule has 0 aliphatic carbocycles. The van der Waals surface area contributed by atoms with Crippen LogP contribution in [0, 0.1) is 11.2 Å². The summed E-state index contributed by atoms with van der Waals surface area (Å²) >= 11 is 0. The molecule has 1 atom stereocenters. The van der Waals surface area contributed by atoms with Gasteiger partial charge in [-0.15, -0.1) is 0 Å². The fraction of sp³-hybridized carbons (Fsp3) is 0.500. The van der Waals surface area contributed by atoms with Gasteiger partial charge in [0.05, 0.1) is 5.69 Å². The monoisotopic (exact) mass is 265 g/mol. The van der Waals surface area contributed by atoms with Gasteiger partial charge in [0, 0.05) is 19.6 Å². The highest BCUT2D eigenvalue weighted by molar-refractivity contribution is 5.86. The van der Waals surface area contributed by atoms with Gasteiger partial charge in [-0.25, -0.2) is 4.39 Å². The molecule has 1 amide bonds. The van der Waals surface area contributed by atoms with Crippen molar-refractivity contribution in [2.75, 3.05) is 24.5 Å². The summed E-state index contributed by atoms with van der Waals surface area (Å²) in [5.74, 6) is -0.470. The standard InChI is InChI=1S/C14H20FN3O/c1-14(2)8-17-13(19)12(7-16)18(9-14)11-6-4-3-5-10(11)15/h3-6,12H,7-9,16H2,1-2H3,(H,17,19). The Morgan fingerprint density at radius 3 is 2.79 bits per heavy atom. The Bertz CT molecular complexity index is 476. The van der Waals surface area contributed by atoms with Gasteiger partial charge in [-0.05, 0) is 17.5 Å². The number of carbonyl (C=O) groups is 1. The first-order chi connectivity index (χ1) is 8.94. The van der Waals surface area contributed by atoms with Crippen molar-refractivity contribution in [2.24, 2.45) is 11.1 Å². The Morgan fingerprint density at radius 2 is 2.16 bits per heavy atom. The van der Waals surface area contributed by atoms with Gasteiger partial charge in [0.2, 0.25) is 5.91 Å². The molecule has 104 valence electrons. The van der Waals surface area contributed by atoms with Crippen molar-refractivity contribution < 1.29 is 9.18 Å². The van der Waals surface area contributed by atoms with Gasteiger partial charge in [0.15, 0.2) is 0 Å². The third kappa shape index (κ3) is 2.87. The highest BCUT2D eigenvalue weighted by Gasteiger charge is 2.35. The summed E-state index contributed by atoms with van der Waals surface area (Å²) in [6, 6.07) is 5.96. The summed E-state index contributed by atoms with van der Waals surface area (Å²) in [6.07, 6.45) is 0. The predicted molar refractivity (Wildman–Crippen MR) is 73.4 cm³/mol. The number of rotatable bonds is 2. The van der Waals surface area contributed by atoms with Crippen LogP contribution >= 0.6 is 0 Å². The molecule has 0 bridgehead atoms. The number of nitrogens with two attached hydrogens (primary N) is 1. The summed E-state index contributed by atoms with van der Waals surface area (Å²) in [5, 5.41) is 2.87. The number of nitrogens with one attached hydrogen (secondary N) is 1. The van der Waals surface area contributed by atoms with Crippen molar-refractivity contribution >= 4 is 11.6 Å². The molecule has 1 aliphatic rings. The Hall–Kier alpha value is -1.62. The molecule has 5 heteroatoms. The number of halogens is 1. The lowest BCUT2D eigenvalue weighted by Gasteiger charge is -2.34. The number of hydrogen-bond acceptors (Lipinski definition) is 3. The van der Waals surface area contributed by atoms with E-state index in [-0.39, 0.29) is 23.7 Å². The summed E-state index contributed by atoms with van der Waals surface area (Å²) in [5.41, 5.74) is 6.00. The molecular formula is C14H20FN3O. The highest BCUT2D eigenvalue weighted by atomic mass is 19.1. The van der Waals surface area contributed by atoms with Crippen LogP contribution in [0.25, 0.3) is 0 Å². The zero-order chi connectivity index (χ0) is 14.0. The van der Waals surface area contributed by atoms with Crippen LogP contribution in [0.4, 0.5) is 10.1 Å². The lowest BCUT2D eigenvalue weighted by molar-refractivity contribution is -0.122. The minimum Gasteiger partial charge on any atom is -0.356 e. The Labute approximate surface area is 112 Å². The van der Waals surface area contributed by atoms with Gasteiger partial charge in [-0.2, -0.15) is 0 Å². The van der Waals surface area contributed by atoms with Gasteiger partial charge >= 0.3 is 0 Å². The molecule has 1 heterocycles. The molecule has 0 saturated carbocycles. The van der Waals surface area contributed by atoms with Crippen LogP contribution in [-0.4, -0.2) is 31.6 Å². The average molecular weight is 265 g/mol.